The maximum Gasteiger partial charge on any atom is 0.321 e. The predicted molar refractivity (Wildman–Crippen MR) is 67.9 cm³/mol. The van der Waals surface area contributed by atoms with Crippen molar-refractivity contribution in [3.8, 4) is 6.07 Å². The van der Waals surface area contributed by atoms with E-state index in [1.165, 1.54) is 11.8 Å². The molecule has 17 heavy (non-hydrogen) atoms. The molecule has 90 valence electrons. The van der Waals surface area contributed by atoms with Gasteiger partial charge in [0.2, 0.25) is 0 Å². The summed E-state index contributed by atoms with van der Waals surface area (Å²) in [4.78, 5) is 10.5. The minimum absolute atomic E-state index is 0.325. The van der Waals surface area contributed by atoms with Crippen LogP contribution in [0, 0.1) is 11.3 Å². The number of carboxylic acids is 1. The van der Waals surface area contributed by atoms with Crippen LogP contribution >= 0.6 is 23.4 Å². The van der Waals surface area contributed by atoms with Crippen LogP contribution in [-0.2, 0) is 10.5 Å². The van der Waals surface area contributed by atoms with Gasteiger partial charge in [-0.05, 0) is 17.7 Å². The molecule has 0 aliphatic heterocycles. The van der Waals surface area contributed by atoms with Crippen LogP contribution in [0.2, 0.25) is 5.02 Å². The average molecular weight is 271 g/mol. The van der Waals surface area contributed by atoms with E-state index in [4.69, 9.17) is 27.7 Å². The zero-order valence-electron chi connectivity index (χ0n) is 8.89. The SMILES string of the molecule is N#Cc1ccc(CSC[C@H](N)C(=O)O)c(Cl)c1. The summed E-state index contributed by atoms with van der Waals surface area (Å²) in [5.74, 6) is -0.111. The van der Waals surface area contributed by atoms with E-state index in [0.717, 1.165) is 5.56 Å². The van der Waals surface area contributed by atoms with Crippen molar-refractivity contribution in [3.05, 3.63) is 34.3 Å². The molecule has 0 fully saturated rings. The lowest BCUT2D eigenvalue weighted by molar-refractivity contribution is -0.137. The number of nitrogens with zero attached hydrogens (tertiary/aromatic N) is 1. The van der Waals surface area contributed by atoms with Crippen LogP contribution in [0.25, 0.3) is 0 Å². The van der Waals surface area contributed by atoms with Crippen LogP contribution in [0.5, 0.6) is 0 Å². The van der Waals surface area contributed by atoms with E-state index in [9.17, 15) is 4.79 Å². The van der Waals surface area contributed by atoms with E-state index in [2.05, 4.69) is 0 Å². The quantitative estimate of drug-likeness (QED) is 0.853. The molecular formula is C11H11ClN2O2S. The Hall–Kier alpha value is -1.22. The van der Waals surface area contributed by atoms with Gasteiger partial charge >= 0.3 is 5.97 Å². The summed E-state index contributed by atoms with van der Waals surface area (Å²) >= 11 is 7.37. The number of hydrogen-bond donors (Lipinski definition) is 2. The first-order chi connectivity index (χ1) is 8.04. The van der Waals surface area contributed by atoms with E-state index in [-0.39, 0.29) is 0 Å². The molecule has 0 spiro atoms. The molecule has 3 N–H and O–H groups in total. The van der Waals surface area contributed by atoms with Gasteiger partial charge in [0.05, 0.1) is 11.6 Å². The molecule has 0 saturated carbocycles. The summed E-state index contributed by atoms with van der Waals surface area (Å²) in [6.07, 6.45) is 0. The van der Waals surface area contributed by atoms with Crippen molar-refractivity contribution in [2.24, 2.45) is 5.73 Å². The summed E-state index contributed by atoms with van der Waals surface area (Å²) in [7, 11) is 0. The van der Waals surface area contributed by atoms with Crippen LogP contribution < -0.4 is 5.73 Å². The van der Waals surface area contributed by atoms with Crippen LogP contribution in [-0.4, -0.2) is 22.9 Å². The number of carbonyl (C=O) groups is 1. The molecule has 4 nitrogen and oxygen atoms in total. The number of aliphatic carboxylic acids is 1. The Labute approximate surface area is 108 Å². The lowest BCUT2D eigenvalue weighted by atomic mass is 10.2. The van der Waals surface area contributed by atoms with Gasteiger partial charge in [-0.1, -0.05) is 17.7 Å². The number of hydrogen-bond acceptors (Lipinski definition) is 4. The van der Waals surface area contributed by atoms with Crippen molar-refractivity contribution >= 4 is 29.3 Å². The largest absolute Gasteiger partial charge is 0.480 e. The molecule has 0 radical (unpaired) electrons. The topological polar surface area (TPSA) is 87.1 Å². The van der Waals surface area contributed by atoms with Gasteiger partial charge in [-0.15, -0.1) is 0 Å². The molecule has 0 amide bonds. The van der Waals surface area contributed by atoms with Crippen LogP contribution in [0.3, 0.4) is 0 Å². The maximum absolute atomic E-state index is 10.5. The molecule has 1 aromatic rings. The number of thioether (sulfide) groups is 1. The zero-order valence-corrected chi connectivity index (χ0v) is 10.5. The highest BCUT2D eigenvalue weighted by Crippen LogP contribution is 2.22. The summed E-state index contributed by atoms with van der Waals surface area (Å²) in [6, 6.07) is 6.17. The van der Waals surface area contributed by atoms with Gasteiger partial charge in [-0.3, -0.25) is 4.79 Å². The molecule has 0 unspecified atom stereocenters. The molecule has 1 rings (SSSR count). The summed E-state index contributed by atoms with van der Waals surface area (Å²) in [5.41, 5.74) is 6.74. The van der Waals surface area contributed by atoms with Crippen molar-refractivity contribution < 1.29 is 9.90 Å². The number of benzene rings is 1. The second kappa shape index (κ2) is 6.50. The van der Waals surface area contributed by atoms with E-state index in [1.54, 1.807) is 18.2 Å². The Morgan fingerprint density at radius 2 is 2.35 bits per heavy atom. The first kappa shape index (κ1) is 13.8. The van der Waals surface area contributed by atoms with Crippen LogP contribution in [0.4, 0.5) is 0 Å². The van der Waals surface area contributed by atoms with Crippen molar-refractivity contribution in [2.45, 2.75) is 11.8 Å². The molecular weight excluding hydrogens is 260 g/mol. The molecule has 0 heterocycles. The number of nitrogens with two attached hydrogens (primary N) is 1. The van der Waals surface area contributed by atoms with E-state index in [0.29, 0.717) is 22.1 Å². The summed E-state index contributed by atoms with van der Waals surface area (Å²) < 4.78 is 0. The van der Waals surface area contributed by atoms with Gasteiger partial charge in [0.25, 0.3) is 0 Å². The first-order valence-corrected chi connectivity index (χ1v) is 6.32. The Morgan fingerprint density at radius 3 is 2.88 bits per heavy atom. The highest BCUT2D eigenvalue weighted by atomic mass is 35.5. The average Bonchev–Trinajstić information content (AvgIpc) is 2.30. The first-order valence-electron chi connectivity index (χ1n) is 4.79. The fourth-order valence-corrected chi connectivity index (χ4v) is 2.41. The van der Waals surface area contributed by atoms with Gasteiger partial charge in [0, 0.05) is 16.5 Å². The number of halogens is 1. The summed E-state index contributed by atoms with van der Waals surface area (Å²) in [5, 5.41) is 17.8. The smallest absolute Gasteiger partial charge is 0.321 e. The zero-order chi connectivity index (χ0) is 12.8. The normalized spacial score (nSPS) is 11.8. The summed E-state index contributed by atoms with van der Waals surface area (Å²) in [6.45, 7) is 0. The van der Waals surface area contributed by atoms with Crippen LogP contribution in [0.1, 0.15) is 11.1 Å². The standard InChI is InChI=1S/C11H11ClN2O2S/c12-9-3-7(4-13)1-2-8(9)5-17-6-10(14)11(15)16/h1-3,10H,5-6,14H2,(H,15,16)/t10-/m0/s1. The second-order valence-electron chi connectivity index (χ2n) is 3.38. The van der Waals surface area contributed by atoms with Crippen molar-refractivity contribution in [1.82, 2.24) is 0 Å². The minimum atomic E-state index is -1.01. The lowest BCUT2D eigenvalue weighted by Crippen LogP contribution is -2.32. The Kier molecular flexibility index (Phi) is 5.29. The fraction of sp³-hybridized carbons (Fsp3) is 0.273. The molecule has 0 aliphatic carbocycles. The third-order valence-corrected chi connectivity index (χ3v) is 3.52. The Morgan fingerprint density at radius 1 is 1.65 bits per heavy atom. The third kappa shape index (κ3) is 4.27. The molecule has 6 heteroatoms. The number of nitriles is 1. The van der Waals surface area contributed by atoms with Gasteiger partial charge in [-0.25, -0.2) is 0 Å². The van der Waals surface area contributed by atoms with E-state index >= 15 is 0 Å². The molecule has 0 bridgehead atoms. The Balaban J connectivity index is 2.53. The second-order valence-corrected chi connectivity index (χ2v) is 4.82. The van der Waals surface area contributed by atoms with Crippen LogP contribution in [0.15, 0.2) is 18.2 Å². The molecule has 0 aliphatic rings. The van der Waals surface area contributed by atoms with E-state index in [1.807, 2.05) is 6.07 Å². The van der Waals surface area contributed by atoms with Gasteiger partial charge in [0.15, 0.2) is 0 Å². The molecule has 1 aromatic carbocycles. The highest BCUT2D eigenvalue weighted by Gasteiger charge is 2.11. The molecule has 1 atom stereocenters. The minimum Gasteiger partial charge on any atom is -0.480 e. The maximum atomic E-state index is 10.5. The van der Waals surface area contributed by atoms with Gasteiger partial charge in [-0.2, -0.15) is 17.0 Å². The monoisotopic (exact) mass is 270 g/mol. The third-order valence-electron chi connectivity index (χ3n) is 2.05. The Bertz CT molecular complexity index is 459. The lowest BCUT2D eigenvalue weighted by Gasteiger charge is -2.07. The van der Waals surface area contributed by atoms with Gasteiger partial charge < -0.3 is 10.8 Å². The number of carboxylic acid groups (broad SMARTS) is 1. The number of rotatable bonds is 5. The van der Waals surface area contributed by atoms with Crippen molar-refractivity contribution in [2.75, 3.05) is 5.75 Å². The van der Waals surface area contributed by atoms with Gasteiger partial charge in [0.1, 0.15) is 6.04 Å². The van der Waals surface area contributed by atoms with Crippen molar-refractivity contribution in [1.29, 1.82) is 5.26 Å². The van der Waals surface area contributed by atoms with Crippen molar-refractivity contribution in [3.63, 3.8) is 0 Å². The highest BCUT2D eigenvalue weighted by molar-refractivity contribution is 7.98. The molecule has 0 saturated heterocycles. The van der Waals surface area contributed by atoms with E-state index < -0.39 is 12.0 Å². The predicted octanol–water partition coefficient (Wildman–Crippen LogP) is 1.86. The molecule has 0 aromatic heterocycles. The fourth-order valence-electron chi connectivity index (χ4n) is 1.10.